The average molecular weight is 583 g/mol. The summed E-state index contributed by atoms with van der Waals surface area (Å²) in [6.45, 7) is 5.22. The van der Waals surface area contributed by atoms with E-state index in [0.29, 0.717) is 27.7 Å². The third-order valence-corrected chi connectivity index (χ3v) is 7.90. The number of aryl methyl sites for hydroxylation is 1. The first-order valence-electron chi connectivity index (χ1n) is 10.6. The van der Waals surface area contributed by atoms with Gasteiger partial charge in [0.25, 0.3) is 10.0 Å². The Morgan fingerprint density at radius 1 is 1.09 bits per heavy atom. The highest BCUT2D eigenvalue weighted by Gasteiger charge is 2.34. The van der Waals surface area contributed by atoms with Gasteiger partial charge in [0.2, 0.25) is 0 Å². The Balaban J connectivity index is 2.06. The Labute approximate surface area is 208 Å². The number of rotatable bonds is 7. The number of ether oxygens (including phenoxy) is 2. The van der Waals surface area contributed by atoms with E-state index in [-0.39, 0.29) is 23.6 Å². The van der Waals surface area contributed by atoms with Crippen LogP contribution >= 0.6 is 22.6 Å². The molecule has 3 rings (SSSR count). The number of halogens is 1. The van der Waals surface area contributed by atoms with Gasteiger partial charge in [-0.1, -0.05) is 23.8 Å². The van der Waals surface area contributed by atoms with Gasteiger partial charge in [0, 0.05) is 10.5 Å². The lowest BCUT2D eigenvalue weighted by atomic mass is 10.00. The molecule has 2 aromatic rings. The number of carbonyl (C=O) groups is 2. The van der Waals surface area contributed by atoms with E-state index in [1.54, 1.807) is 61.5 Å². The molecule has 2 atom stereocenters. The third kappa shape index (κ3) is 5.94. The molecule has 7 nitrogen and oxygen atoms in total. The summed E-state index contributed by atoms with van der Waals surface area (Å²) in [5.74, 6) is -0.840. The van der Waals surface area contributed by atoms with Crippen LogP contribution in [-0.2, 0) is 24.3 Å². The van der Waals surface area contributed by atoms with E-state index in [1.807, 2.05) is 29.5 Å². The van der Waals surface area contributed by atoms with Gasteiger partial charge in [-0.25, -0.2) is 13.2 Å². The van der Waals surface area contributed by atoms with E-state index in [9.17, 15) is 18.0 Å². The number of esters is 2. The minimum Gasteiger partial charge on any atom is -0.462 e. The lowest BCUT2D eigenvalue weighted by molar-refractivity contribution is -0.144. The van der Waals surface area contributed by atoms with Gasteiger partial charge in [-0.3, -0.25) is 9.10 Å². The Kier molecular flexibility index (Phi) is 8.17. The molecule has 0 spiro atoms. The van der Waals surface area contributed by atoms with Gasteiger partial charge >= 0.3 is 11.9 Å². The maximum atomic E-state index is 13.8. The van der Waals surface area contributed by atoms with Gasteiger partial charge in [0.1, 0.15) is 6.10 Å². The van der Waals surface area contributed by atoms with Crippen LogP contribution in [0.4, 0.5) is 5.69 Å². The molecule has 0 heterocycles. The first-order valence-corrected chi connectivity index (χ1v) is 13.1. The van der Waals surface area contributed by atoms with Crippen molar-refractivity contribution < 1.29 is 27.5 Å². The zero-order valence-corrected chi connectivity index (χ0v) is 21.6. The fourth-order valence-electron chi connectivity index (χ4n) is 3.62. The summed E-state index contributed by atoms with van der Waals surface area (Å²) in [5, 5.41) is 0. The molecule has 0 fully saturated rings. The van der Waals surface area contributed by atoms with E-state index in [0.717, 1.165) is 5.56 Å². The van der Waals surface area contributed by atoms with E-state index >= 15 is 0 Å². The molecule has 176 valence electrons. The summed E-state index contributed by atoms with van der Waals surface area (Å²) in [6.07, 6.45) is 4.08. The number of sulfonamides is 1. The number of nitrogens with zero attached hydrogens (tertiary/aromatic N) is 1. The smallest absolute Gasteiger partial charge is 0.338 e. The van der Waals surface area contributed by atoms with Gasteiger partial charge in [-0.15, -0.1) is 0 Å². The van der Waals surface area contributed by atoms with Crippen LogP contribution in [0.1, 0.15) is 42.6 Å². The minimum atomic E-state index is -3.92. The first kappa shape index (κ1) is 25.2. The van der Waals surface area contributed by atoms with Gasteiger partial charge in [0.15, 0.2) is 0 Å². The Bertz CT molecular complexity index is 1160. The summed E-state index contributed by atoms with van der Waals surface area (Å²) in [6, 6.07) is 11.0. The van der Waals surface area contributed by atoms with E-state index in [1.165, 1.54) is 11.2 Å². The van der Waals surface area contributed by atoms with Crippen LogP contribution in [0.25, 0.3) is 0 Å². The van der Waals surface area contributed by atoms with Gasteiger partial charge in [-0.2, -0.15) is 0 Å². The van der Waals surface area contributed by atoms with Crippen molar-refractivity contribution in [3.8, 4) is 0 Å². The molecule has 1 aliphatic carbocycles. The van der Waals surface area contributed by atoms with Crippen LogP contribution in [0.2, 0.25) is 0 Å². The molecule has 0 bridgehead atoms. The van der Waals surface area contributed by atoms with Gasteiger partial charge < -0.3 is 9.47 Å². The quantitative estimate of drug-likeness (QED) is 0.269. The van der Waals surface area contributed by atoms with Crippen molar-refractivity contribution in [2.45, 2.75) is 50.7 Å². The zero-order valence-electron chi connectivity index (χ0n) is 18.7. The second-order valence-electron chi connectivity index (χ2n) is 7.68. The molecule has 0 saturated heterocycles. The first-order chi connectivity index (χ1) is 15.6. The van der Waals surface area contributed by atoms with E-state index in [2.05, 4.69) is 0 Å². The van der Waals surface area contributed by atoms with Crippen LogP contribution < -0.4 is 4.31 Å². The monoisotopic (exact) mass is 583 g/mol. The van der Waals surface area contributed by atoms with Crippen LogP contribution in [0, 0.1) is 10.5 Å². The molecule has 33 heavy (non-hydrogen) atoms. The Morgan fingerprint density at radius 2 is 1.79 bits per heavy atom. The van der Waals surface area contributed by atoms with Crippen molar-refractivity contribution in [3.05, 3.63) is 69.3 Å². The second-order valence-corrected chi connectivity index (χ2v) is 10.7. The van der Waals surface area contributed by atoms with Crippen LogP contribution in [0.5, 0.6) is 0 Å². The van der Waals surface area contributed by atoms with E-state index in [4.69, 9.17) is 9.47 Å². The number of hydrogen-bond acceptors (Lipinski definition) is 6. The molecule has 0 saturated carbocycles. The summed E-state index contributed by atoms with van der Waals surface area (Å²) in [7, 11) is -3.92. The summed E-state index contributed by atoms with van der Waals surface area (Å²) >= 11 is 2.04. The molecule has 0 aromatic heterocycles. The second kappa shape index (κ2) is 10.7. The normalized spacial score (nSPS) is 17.9. The molecule has 0 amide bonds. The highest BCUT2D eigenvalue weighted by Crippen LogP contribution is 2.34. The minimum absolute atomic E-state index is 0.175. The lowest BCUT2D eigenvalue weighted by Crippen LogP contribution is -2.42. The molecule has 9 heteroatoms. The molecule has 0 N–H and O–H groups in total. The fourth-order valence-corrected chi connectivity index (χ4v) is 6.22. The maximum Gasteiger partial charge on any atom is 0.338 e. The SMILES string of the molecule is CCOC(=O)c1ccc(N([C@H]2C=C[C@@H](OC(C)=O)CC2)S(=O)(=O)c2ccc(C)cc2)c(I)c1. The van der Waals surface area contributed by atoms with Crippen molar-refractivity contribution in [1.29, 1.82) is 0 Å². The van der Waals surface area contributed by atoms with Crippen molar-refractivity contribution >= 4 is 50.2 Å². The number of carbonyl (C=O) groups excluding carboxylic acids is 2. The lowest BCUT2D eigenvalue weighted by Gasteiger charge is -2.34. The summed E-state index contributed by atoms with van der Waals surface area (Å²) < 4.78 is 39.9. The van der Waals surface area contributed by atoms with Gasteiger partial charge in [-0.05, 0) is 85.7 Å². The molecule has 1 aliphatic rings. The maximum absolute atomic E-state index is 13.8. The van der Waals surface area contributed by atoms with Crippen LogP contribution in [0.3, 0.4) is 0 Å². The number of anilines is 1. The van der Waals surface area contributed by atoms with Crippen LogP contribution in [-0.4, -0.2) is 39.1 Å². The topological polar surface area (TPSA) is 90.0 Å². The highest BCUT2D eigenvalue weighted by molar-refractivity contribution is 14.1. The zero-order chi connectivity index (χ0) is 24.2. The highest BCUT2D eigenvalue weighted by atomic mass is 127. The van der Waals surface area contributed by atoms with Crippen LogP contribution in [0.15, 0.2) is 59.5 Å². The van der Waals surface area contributed by atoms with E-state index < -0.39 is 22.0 Å². The molecule has 0 aliphatic heterocycles. The Morgan fingerprint density at radius 3 is 2.33 bits per heavy atom. The number of benzene rings is 2. The predicted molar refractivity (Wildman–Crippen MR) is 134 cm³/mol. The van der Waals surface area contributed by atoms with Crippen molar-refractivity contribution in [3.63, 3.8) is 0 Å². The molecule has 2 aromatic carbocycles. The third-order valence-electron chi connectivity index (χ3n) is 5.19. The standard InChI is InChI=1S/C24H26INO6S/c1-4-31-24(28)18-7-14-23(22(25)15-18)26(19-8-10-20(11-9-19)32-17(3)27)33(29,30)21-12-5-16(2)6-13-21/h5-8,10,12-15,19-20H,4,9,11H2,1-3H3/t19-,20+/m0/s1. The van der Waals surface area contributed by atoms with Gasteiger partial charge in [0.05, 0.1) is 28.8 Å². The van der Waals surface area contributed by atoms with Crippen molar-refractivity contribution in [2.75, 3.05) is 10.9 Å². The van der Waals surface area contributed by atoms with Crippen molar-refractivity contribution in [1.82, 2.24) is 0 Å². The average Bonchev–Trinajstić information content (AvgIpc) is 2.76. The fraction of sp³-hybridized carbons (Fsp3) is 0.333. The van der Waals surface area contributed by atoms with Crippen molar-refractivity contribution in [2.24, 2.45) is 0 Å². The molecule has 0 radical (unpaired) electrons. The summed E-state index contributed by atoms with van der Waals surface area (Å²) in [4.78, 5) is 23.6. The Hall–Kier alpha value is -2.40. The largest absolute Gasteiger partial charge is 0.462 e. The summed E-state index contributed by atoms with van der Waals surface area (Å²) in [5.41, 5.74) is 1.77. The number of hydrogen-bond donors (Lipinski definition) is 0. The molecule has 0 unspecified atom stereocenters. The molecular formula is C24H26INO6S. The molecular weight excluding hydrogens is 557 g/mol. The predicted octanol–water partition coefficient (Wildman–Crippen LogP) is 4.62.